The molecule has 1 unspecified atom stereocenters. The van der Waals surface area contributed by atoms with Gasteiger partial charge in [0.25, 0.3) is 0 Å². The Labute approximate surface area is 97.8 Å². The van der Waals surface area contributed by atoms with Crippen molar-refractivity contribution in [1.82, 2.24) is 0 Å². The second kappa shape index (κ2) is 3.40. The first kappa shape index (κ1) is 11.3. The van der Waals surface area contributed by atoms with E-state index in [9.17, 15) is 0 Å². The molecule has 2 bridgehead atoms. The Morgan fingerprint density at radius 3 is 2.36 bits per heavy atom. The summed E-state index contributed by atoms with van der Waals surface area (Å²) in [5.74, 6) is 2.72. The predicted octanol–water partition coefficient (Wildman–Crippen LogP) is 4.61. The third-order valence-electron chi connectivity index (χ3n) is 4.62. The Morgan fingerprint density at radius 1 is 1.29 bits per heavy atom. The van der Waals surface area contributed by atoms with Crippen molar-refractivity contribution >= 4 is 28.9 Å². The van der Waals surface area contributed by atoms with Crippen LogP contribution in [0.15, 0.2) is 0 Å². The highest BCUT2D eigenvalue weighted by Gasteiger charge is 2.54. The summed E-state index contributed by atoms with van der Waals surface area (Å²) in [4.78, 5) is 0. The summed E-state index contributed by atoms with van der Waals surface area (Å²) >= 11 is 12.5. The van der Waals surface area contributed by atoms with E-state index < -0.39 is 6.69 Å². The zero-order valence-electron chi connectivity index (χ0n) is 9.32. The fraction of sp³-hybridized carbons (Fsp3) is 1.00. The Hall–Kier alpha value is 0.797. The zero-order valence-corrected chi connectivity index (χ0v) is 11.8. The summed E-state index contributed by atoms with van der Waals surface area (Å²) in [7, 11) is 0. The van der Waals surface area contributed by atoms with Crippen molar-refractivity contribution in [3.8, 4) is 0 Å². The van der Waals surface area contributed by atoms with Crippen LogP contribution >= 0.6 is 22.2 Å². The molecule has 0 radical (unpaired) electrons. The minimum absolute atomic E-state index is 0.580. The van der Waals surface area contributed by atoms with Crippen LogP contribution in [-0.4, -0.2) is 6.69 Å². The van der Waals surface area contributed by atoms with E-state index in [1.165, 1.54) is 19.3 Å². The van der Waals surface area contributed by atoms with E-state index >= 15 is 0 Å². The first-order chi connectivity index (χ1) is 6.31. The summed E-state index contributed by atoms with van der Waals surface area (Å²) in [6, 6.07) is 1.11. The molecule has 82 valence electrons. The lowest BCUT2D eigenvalue weighted by molar-refractivity contribution is -0.0988. The first-order valence-electron chi connectivity index (χ1n) is 5.68. The van der Waals surface area contributed by atoms with Crippen molar-refractivity contribution in [2.24, 2.45) is 23.2 Å². The lowest BCUT2D eigenvalue weighted by Crippen LogP contribution is -2.53. The number of fused-ring (bicyclic) bond motifs is 2. The Bertz CT molecular complexity index is 230. The molecule has 0 saturated heterocycles. The second-order valence-corrected chi connectivity index (χ2v) is 14.1. The Kier molecular flexibility index (Phi) is 2.74. The molecular weight excluding hydrogens is 231 g/mol. The van der Waals surface area contributed by atoms with Crippen LogP contribution in [0.2, 0.25) is 12.6 Å². The molecule has 3 aliphatic rings. The SMILES string of the molecule is CC1(C)[C@H]2CCC(C[Si](C)(Cl)Cl)[C@@H]1C2. The van der Waals surface area contributed by atoms with Crippen molar-refractivity contribution in [2.45, 2.75) is 45.7 Å². The molecule has 0 aromatic rings. The van der Waals surface area contributed by atoms with Crippen LogP contribution in [-0.2, 0) is 0 Å². The second-order valence-electron chi connectivity index (χ2n) is 5.97. The molecule has 3 rings (SSSR count). The van der Waals surface area contributed by atoms with Crippen molar-refractivity contribution in [2.75, 3.05) is 0 Å². The van der Waals surface area contributed by atoms with Crippen molar-refractivity contribution < 1.29 is 0 Å². The largest absolute Gasteiger partial charge is 0.248 e. The van der Waals surface area contributed by atoms with Gasteiger partial charge in [0, 0.05) is 0 Å². The van der Waals surface area contributed by atoms with Gasteiger partial charge in [-0.2, -0.15) is 0 Å². The van der Waals surface area contributed by atoms with Gasteiger partial charge in [-0.25, -0.2) is 0 Å². The van der Waals surface area contributed by atoms with Gasteiger partial charge in [-0.05, 0) is 48.6 Å². The van der Waals surface area contributed by atoms with Crippen LogP contribution in [0.5, 0.6) is 0 Å². The summed E-state index contributed by atoms with van der Waals surface area (Å²) in [5, 5.41) is 0. The molecule has 3 atom stereocenters. The van der Waals surface area contributed by atoms with Gasteiger partial charge < -0.3 is 0 Å². The van der Waals surface area contributed by atoms with Crippen molar-refractivity contribution in [3.05, 3.63) is 0 Å². The smallest absolute Gasteiger partial charge is 0.146 e. The number of hydrogen-bond acceptors (Lipinski definition) is 0. The fourth-order valence-electron chi connectivity index (χ4n) is 3.67. The van der Waals surface area contributed by atoms with Crippen LogP contribution in [0.3, 0.4) is 0 Å². The van der Waals surface area contributed by atoms with Gasteiger partial charge in [0.2, 0.25) is 6.69 Å². The number of rotatable bonds is 2. The summed E-state index contributed by atoms with van der Waals surface area (Å²) in [5.41, 5.74) is 0.580. The van der Waals surface area contributed by atoms with E-state index in [2.05, 4.69) is 20.4 Å². The first-order valence-corrected chi connectivity index (χ1v) is 10.4. The van der Waals surface area contributed by atoms with Gasteiger partial charge in [-0.1, -0.05) is 20.3 Å². The molecule has 0 heterocycles. The van der Waals surface area contributed by atoms with Crippen molar-refractivity contribution in [1.29, 1.82) is 0 Å². The molecule has 0 aromatic carbocycles. The van der Waals surface area contributed by atoms with Gasteiger partial charge in [-0.3, -0.25) is 0 Å². The maximum absolute atomic E-state index is 6.25. The molecule has 0 N–H and O–H groups in total. The molecular formula is C11H20Cl2Si. The van der Waals surface area contributed by atoms with Crippen LogP contribution in [0, 0.1) is 23.2 Å². The van der Waals surface area contributed by atoms with E-state index in [4.69, 9.17) is 22.2 Å². The van der Waals surface area contributed by atoms with E-state index in [0.29, 0.717) is 5.41 Å². The standard InChI is InChI=1S/C11H20Cl2Si/c1-11(2)9-5-4-8(10(11)6-9)7-14(3,12)13/h8-10H,4-7H2,1-3H3/t8?,9-,10-/m0/s1. The quantitative estimate of drug-likeness (QED) is 0.496. The molecule has 3 saturated carbocycles. The highest BCUT2D eigenvalue weighted by molar-refractivity contribution is 7.44. The topological polar surface area (TPSA) is 0 Å². The van der Waals surface area contributed by atoms with Gasteiger partial charge in [0.15, 0.2) is 0 Å². The van der Waals surface area contributed by atoms with Gasteiger partial charge >= 0.3 is 0 Å². The highest BCUT2D eigenvalue weighted by Crippen LogP contribution is 2.62. The van der Waals surface area contributed by atoms with Gasteiger partial charge in [0.05, 0.1) is 0 Å². The van der Waals surface area contributed by atoms with Crippen molar-refractivity contribution in [3.63, 3.8) is 0 Å². The normalized spacial score (nSPS) is 40.5. The minimum atomic E-state index is -1.88. The summed E-state index contributed by atoms with van der Waals surface area (Å²) in [6.07, 6.45) is 4.23. The molecule has 0 spiro atoms. The Morgan fingerprint density at radius 2 is 1.93 bits per heavy atom. The molecule has 3 fully saturated rings. The average Bonchev–Trinajstić information content (AvgIpc) is 2.00. The molecule has 3 aliphatic carbocycles. The summed E-state index contributed by atoms with van der Waals surface area (Å²) < 4.78 is 0. The van der Waals surface area contributed by atoms with Gasteiger partial charge in [-0.15, -0.1) is 22.2 Å². The predicted molar refractivity (Wildman–Crippen MR) is 66.2 cm³/mol. The Balaban J connectivity index is 2.01. The van der Waals surface area contributed by atoms with Crippen LogP contribution in [0.25, 0.3) is 0 Å². The van der Waals surface area contributed by atoms with Crippen LogP contribution in [0.4, 0.5) is 0 Å². The maximum Gasteiger partial charge on any atom is 0.248 e. The third kappa shape index (κ3) is 1.88. The van der Waals surface area contributed by atoms with E-state index in [0.717, 1.165) is 23.8 Å². The highest BCUT2D eigenvalue weighted by atomic mass is 35.7. The van der Waals surface area contributed by atoms with E-state index in [-0.39, 0.29) is 0 Å². The monoisotopic (exact) mass is 250 g/mol. The average molecular weight is 251 g/mol. The lowest BCUT2D eigenvalue weighted by atomic mass is 9.46. The maximum atomic E-state index is 6.25. The van der Waals surface area contributed by atoms with Gasteiger partial charge in [0.1, 0.15) is 0 Å². The lowest BCUT2D eigenvalue weighted by Gasteiger charge is -2.60. The number of hydrogen-bond donors (Lipinski definition) is 0. The molecule has 14 heavy (non-hydrogen) atoms. The molecule has 0 aromatic heterocycles. The van der Waals surface area contributed by atoms with E-state index in [1.54, 1.807) is 0 Å². The third-order valence-corrected chi connectivity index (χ3v) is 6.79. The van der Waals surface area contributed by atoms with Crippen LogP contribution < -0.4 is 0 Å². The molecule has 0 amide bonds. The van der Waals surface area contributed by atoms with E-state index in [1.807, 2.05) is 0 Å². The molecule has 0 nitrogen and oxygen atoms in total. The number of halogens is 2. The fourth-order valence-corrected chi connectivity index (χ4v) is 6.27. The summed E-state index contributed by atoms with van der Waals surface area (Å²) in [6.45, 7) is 5.04. The molecule has 3 heteroatoms. The van der Waals surface area contributed by atoms with Crippen LogP contribution in [0.1, 0.15) is 33.1 Å². The zero-order chi connectivity index (χ0) is 10.6. The molecule has 0 aliphatic heterocycles. The minimum Gasteiger partial charge on any atom is -0.146 e.